The Morgan fingerprint density at radius 1 is 1.32 bits per heavy atom. The lowest BCUT2D eigenvalue weighted by atomic mass is 10.2. The summed E-state index contributed by atoms with van der Waals surface area (Å²) in [6.45, 7) is 8.13. The summed E-state index contributed by atoms with van der Waals surface area (Å²) in [5.74, 6) is 1.74. The van der Waals surface area contributed by atoms with E-state index in [1.807, 2.05) is 6.92 Å². The van der Waals surface area contributed by atoms with Gasteiger partial charge in [-0.3, -0.25) is 4.99 Å². The molecule has 0 bridgehead atoms. The quantitative estimate of drug-likeness (QED) is 0.372. The second kappa shape index (κ2) is 9.15. The van der Waals surface area contributed by atoms with Crippen LogP contribution in [0.15, 0.2) is 4.99 Å². The fourth-order valence-electron chi connectivity index (χ4n) is 2.13. The van der Waals surface area contributed by atoms with Gasteiger partial charge in [-0.15, -0.1) is 0 Å². The lowest BCUT2D eigenvalue weighted by molar-refractivity contribution is 0.152. The first-order valence-electron chi connectivity index (χ1n) is 7.45. The lowest BCUT2D eigenvalue weighted by Crippen LogP contribution is -2.41. The van der Waals surface area contributed by atoms with Gasteiger partial charge in [0.05, 0.1) is 13.2 Å². The number of nitrogens with zero attached hydrogens (tertiary/aromatic N) is 2. The van der Waals surface area contributed by atoms with Crippen LogP contribution < -0.4 is 10.6 Å². The second-order valence-corrected chi connectivity index (χ2v) is 5.21. The van der Waals surface area contributed by atoms with Crippen LogP contribution in [-0.4, -0.2) is 63.8 Å². The van der Waals surface area contributed by atoms with Crippen molar-refractivity contribution in [2.24, 2.45) is 10.9 Å². The van der Waals surface area contributed by atoms with E-state index in [1.54, 1.807) is 0 Å². The summed E-state index contributed by atoms with van der Waals surface area (Å²) in [5, 5.41) is 6.58. The summed E-state index contributed by atoms with van der Waals surface area (Å²) < 4.78 is 5.32. The van der Waals surface area contributed by atoms with Gasteiger partial charge in [-0.25, -0.2) is 0 Å². The van der Waals surface area contributed by atoms with E-state index < -0.39 is 0 Å². The molecule has 0 heterocycles. The van der Waals surface area contributed by atoms with Crippen LogP contribution in [0.1, 0.15) is 26.7 Å². The summed E-state index contributed by atoms with van der Waals surface area (Å²) in [5.41, 5.74) is 0. The van der Waals surface area contributed by atoms with Crippen LogP contribution in [-0.2, 0) is 4.74 Å². The predicted octanol–water partition coefficient (Wildman–Crippen LogP) is 0.918. The molecule has 0 radical (unpaired) electrons. The van der Waals surface area contributed by atoms with Crippen molar-refractivity contribution in [2.45, 2.75) is 32.7 Å². The molecular weight excluding hydrogens is 240 g/mol. The SMILES string of the molecule is CCNC(=NCC(C1CC1)N(C)C)NCCOCC. The number of hydrogen-bond donors (Lipinski definition) is 2. The molecule has 0 amide bonds. The Morgan fingerprint density at radius 2 is 2.05 bits per heavy atom. The Balaban J connectivity index is 2.37. The highest BCUT2D eigenvalue weighted by Gasteiger charge is 2.32. The van der Waals surface area contributed by atoms with E-state index in [9.17, 15) is 0 Å². The summed E-state index contributed by atoms with van der Waals surface area (Å²) in [6.07, 6.45) is 2.71. The van der Waals surface area contributed by atoms with E-state index in [1.165, 1.54) is 12.8 Å². The minimum Gasteiger partial charge on any atom is -0.380 e. The third kappa shape index (κ3) is 6.78. The molecule has 0 aromatic heterocycles. The molecular formula is C14H30N4O. The van der Waals surface area contributed by atoms with Crippen LogP contribution >= 0.6 is 0 Å². The Labute approximate surface area is 117 Å². The van der Waals surface area contributed by atoms with Crippen LogP contribution in [0, 0.1) is 5.92 Å². The van der Waals surface area contributed by atoms with Gasteiger partial charge in [-0.05, 0) is 46.7 Å². The van der Waals surface area contributed by atoms with E-state index in [2.05, 4.69) is 36.6 Å². The molecule has 2 N–H and O–H groups in total. The average molecular weight is 270 g/mol. The molecule has 1 rings (SSSR count). The number of aliphatic imine (C=N–C) groups is 1. The Morgan fingerprint density at radius 3 is 2.58 bits per heavy atom. The summed E-state index contributed by atoms with van der Waals surface area (Å²) in [4.78, 5) is 6.99. The fraction of sp³-hybridized carbons (Fsp3) is 0.929. The maximum atomic E-state index is 5.32. The first-order chi connectivity index (χ1) is 9.19. The van der Waals surface area contributed by atoms with Gasteiger partial charge in [0.25, 0.3) is 0 Å². The van der Waals surface area contributed by atoms with Crippen molar-refractivity contribution in [3.05, 3.63) is 0 Å². The average Bonchev–Trinajstić information content (AvgIpc) is 3.18. The third-order valence-electron chi connectivity index (χ3n) is 3.35. The third-order valence-corrected chi connectivity index (χ3v) is 3.35. The lowest BCUT2D eigenvalue weighted by Gasteiger charge is -2.22. The molecule has 0 aliphatic heterocycles. The van der Waals surface area contributed by atoms with Crippen molar-refractivity contribution >= 4 is 5.96 Å². The highest BCUT2D eigenvalue weighted by Crippen LogP contribution is 2.34. The zero-order valence-electron chi connectivity index (χ0n) is 12.9. The molecule has 1 atom stereocenters. The number of hydrogen-bond acceptors (Lipinski definition) is 3. The molecule has 5 nitrogen and oxygen atoms in total. The van der Waals surface area contributed by atoms with E-state index >= 15 is 0 Å². The largest absolute Gasteiger partial charge is 0.380 e. The van der Waals surface area contributed by atoms with E-state index in [-0.39, 0.29) is 0 Å². The van der Waals surface area contributed by atoms with Crippen molar-refractivity contribution in [1.29, 1.82) is 0 Å². The Kier molecular flexibility index (Phi) is 7.82. The summed E-state index contributed by atoms with van der Waals surface area (Å²) in [7, 11) is 4.29. The zero-order valence-corrected chi connectivity index (χ0v) is 12.9. The Bertz CT molecular complexity index is 262. The van der Waals surface area contributed by atoms with Crippen molar-refractivity contribution in [3.63, 3.8) is 0 Å². The molecule has 1 fully saturated rings. The maximum absolute atomic E-state index is 5.32. The molecule has 19 heavy (non-hydrogen) atoms. The number of guanidine groups is 1. The maximum Gasteiger partial charge on any atom is 0.191 e. The normalized spacial score (nSPS) is 17.6. The number of rotatable bonds is 9. The molecule has 1 aliphatic carbocycles. The van der Waals surface area contributed by atoms with Gasteiger partial charge in [-0.1, -0.05) is 0 Å². The van der Waals surface area contributed by atoms with Gasteiger partial charge in [0.15, 0.2) is 5.96 Å². The number of likely N-dealkylation sites (N-methyl/N-ethyl adjacent to an activating group) is 1. The van der Waals surface area contributed by atoms with Crippen molar-refractivity contribution in [1.82, 2.24) is 15.5 Å². The fourth-order valence-corrected chi connectivity index (χ4v) is 2.13. The molecule has 1 saturated carbocycles. The highest BCUT2D eigenvalue weighted by atomic mass is 16.5. The summed E-state index contributed by atoms with van der Waals surface area (Å²) in [6, 6.07) is 0.572. The minimum absolute atomic E-state index is 0.572. The molecule has 1 unspecified atom stereocenters. The topological polar surface area (TPSA) is 48.9 Å². The Hall–Kier alpha value is -0.810. The summed E-state index contributed by atoms with van der Waals surface area (Å²) >= 11 is 0. The van der Waals surface area contributed by atoms with Gasteiger partial charge in [0.1, 0.15) is 0 Å². The predicted molar refractivity (Wildman–Crippen MR) is 80.7 cm³/mol. The van der Waals surface area contributed by atoms with Gasteiger partial charge in [0.2, 0.25) is 0 Å². The monoisotopic (exact) mass is 270 g/mol. The molecule has 0 aromatic rings. The first-order valence-corrected chi connectivity index (χ1v) is 7.45. The van der Waals surface area contributed by atoms with Gasteiger partial charge < -0.3 is 20.3 Å². The number of ether oxygens (including phenoxy) is 1. The van der Waals surface area contributed by atoms with E-state index in [4.69, 9.17) is 9.73 Å². The van der Waals surface area contributed by atoms with Crippen molar-refractivity contribution in [2.75, 3.05) is 46.9 Å². The highest BCUT2D eigenvalue weighted by molar-refractivity contribution is 5.79. The standard InChI is InChI=1S/C14H30N4O/c1-5-15-14(16-9-10-19-6-2)17-11-13(18(3)4)12-7-8-12/h12-13H,5-11H2,1-4H3,(H2,15,16,17). The van der Waals surface area contributed by atoms with Gasteiger partial charge in [0, 0.05) is 25.7 Å². The van der Waals surface area contributed by atoms with E-state index in [0.717, 1.165) is 44.7 Å². The van der Waals surface area contributed by atoms with Crippen LogP contribution in [0.25, 0.3) is 0 Å². The number of nitrogens with one attached hydrogen (secondary N) is 2. The smallest absolute Gasteiger partial charge is 0.191 e. The second-order valence-electron chi connectivity index (χ2n) is 5.21. The molecule has 0 aromatic carbocycles. The van der Waals surface area contributed by atoms with Crippen molar-refractivity contribution < 1.29 is 4.74 Å². The van der Waals surface area contributed by atoms with Crippen LogP contribution in [0.2, 0.25) is 0 Å². The van der Waals surface area contributed by atoms with Crippen LogP contribution in [0.3, 0.4) is 0 Å². The molecule has 112 valence electrons. The molecule has 5 heteroatoms. The van der Waals surface area contributed by atoms with Crippen LogP contribution in [0.4, 0.5) is 0 Å². The van der Waals surface area contributed by atoms with Gasteiger partial charge in [-0.2, -0.15) is 0 Å². The zero-order chi connectivity index (χ0) is 14.1. The van der Waals surface area contributed by atoms with Gasteiger partial charge >= 0.3 is 0 Å². The molecule has 0 saturated heterocycles. The van der Waals surface area contributed by atoms with Crippen molar-refractivity contribution in [3.8, 4) is 0 Å². The molecule has 1 aliphatic rings. The first kappa shape index (κ1) is 16.2. The molecule has 0 spiro atoms. The minimum atomic E-state index is 0.572. The van der Waals surface area contributed by atoms with Crippen LogP contribution in [0.5, 0.6) is 0 Å². The van der Waals surface area contributed by atoms with E-state index in [0.29, 0.717) is 6.04 Å².